The van der Waals surface area contributed by atoms with Crippen LogP contribution in [-0.2, 0) is 13.8 Å². The molecule has 1 unspecified atom stereocenters. The van der Waals surface area contributed by atoms with E-state index in [2.05, 4.69) is 10.0 Å². The van der Waals surface area contributed by atoms with Crippen molar-refractivity contribution in [3.05, 3.63) is 71.1 Å². The molecular formula is C19H24N3O5P. The molecule has 0 saturated carbocycles. The van der Waals surface area contributed by atoms with Crippen molar-refractivity contribution in [2.45, 2.75) is 25.9 Å². The summed E-state index contributed by atoms with van der Waals surface area (Å²) in [5.41, 5.74) is 8.62. The van der Waals surface area contributed by atoms with Gasteiger partial charge in [0.1, 0.15) is 17.6 Å². The SMILES string of the molecule is CCCCOCC(CN=[N+]=[N-])OP(=O)(Oc1ccccc1)Oc1ccccc1. The predicted octanol–water partition coefficient (Wildman–Crippen LogP) is 5.76. The molecule has 0 heterocycles. The number of phosphoric acid groups is 1. The van der Waals surface area contributed by atoms with Gasteiger partial charge in [0, 0.05) is 11.5 Å². The van der Waals surface area contributed by atoms with Gasteiger partial charge in [-0.25, -0.2) is 4.57 Å². The summed E-state index contributed by atoms with van der Waals surface area (Å²) in [5, 5.41) is 3.51. The van der Waals surface area contributed by atoms with Crippen LogP contribution in [0.4, 0.5) is 0 Å². The molecule has 0 aliphatic rings. The van der Waals surface area contributed by atoms with Crippen LogP contribution in [0.25, 0.3) is 10.4 Å². The van der Waals surface area contributed by atoms with Crippen molar-refractivity contribution < 1.29 is 22.9 Å². The Morgan fingerprint density at radius 2 is 1.61 bits per heavy atom. The van der Waals surface area contributed by atoms with Gasteiger partial charge >= 0.3 is 7.82 Å². The molecule has 150 valence electrons. The summed E-state index contributed by atoms with van der Waals surface area (Å²) in [7, 11) is -4.08. The van der Waals surface area contributed by atoms with Crippen molar-refractivity contribution in [3.8, 4) is 11.5 Å². The summed E-state index contributed by atoms with van der Waals surface area (Å²) in [6.07, 6.45) is 1.08. The summed E-state index contributed by atoms with van der Waals surface area (Å²) >= 11 is 0. The van der Waals surface area contributed by atoms with Gasteiger partial charge < -0.3 is 13.8 Å². The Bertz CT molecular complexity index is 739. The van der Waals surface area contributed by atoms with Gasteiger partial charge in [0.25, 0.3) is 0 Å². The molecule has 0 radical (unpaired) electrons. The fourth-order valence-electron chi connectivity index (χ4n) is 2.17. The lowest BCUT2D eigenvalue weighted by Crippen LogP contribution is -2.24. The average molecular weight is 405 g/mol. The molecule has 9 heteroatoms. The van der Waals surface area contributed by atoms with E-state index in [0.29, 0.717) is 18.1 Å². The molecule has 0 amide bonds. The number of benzene rings is 2. The minimum atomic E-state index is -4.08. The third-order valence-electron chi connectivity index (χ3n) is 3.49. The maximum atomic E-state index is 13.4. The van der Waals surface area contributed by atoms with E-state index in [1.54, 1.807) is 48.5 Å². The Morgan fingerprint density at radius 3 is 2.11 bits per heavy atom. The molecule has 0 spiro atoms. The second-order valence-electron chi connectivity index (χ2n) is 5.83. The largest absolute Gasteiger partial charge is 0.587 e. The third kappa shape index (κ3) is 8.03. The first-order valence-corrected chi connectivity index (χ1v) is 10.5. The van der Waals surface area contributed by atoms with E-state index in [9.17, 15) is 4.57 Å². The molecule has 0 aliphatic carbocycles. The normalized spacial score (nSPS) is 12.0. The molecule has 0 bridgehead atoms. The highest BCUT2D eigenvalue weighted by Gasteiger charge is 2.34. The van der Waals surface area contributed by atoms with Gasteiger partial charge in [-0.2, -0.15) is 0 Å². The molecule has 2 aromatic carbocycles. The van der Waals surface area contributed by atoms with Crippen molar-refractivity contribution in [1.82, 2.24) is 0 Å². The second kappa shape index (κ2) is 12.1. The first-order chi connectivity index (χ1) is 13.6. The standard InChI is InChI=1S/C19H24N3O5P/c1-2-3-14-24-16-19(15-21-22-20)27-28(23,25-17-10-6-4-7-11-17)26-18-12-8-5-9-13-18/h4-13,19H,2-3,14-16H2,1H3. The van der Waals surface area contributed by atoms with Crippen LogP contribution in [0.15, 0.2) is 65.8 Å². The van der Waals surface area contributed by atoms with Crippen LogP contribution in [0.1, 0.15) is 19.8 Å². The van der Waals surface area contributed by atoms with E-state index >= 15 is 0 Å². The van der Waals surface area contributed by atoms with Gasteiger partial charge in [-0.15, -0.1) is 0 Å². The van der Waals surface area contributed by atoms with E-state index in [-0.39, 0.29) is 13.2 Å². The lowest BCUT2D eigenvalue weighted by atomic mass is 10.3. The van der Waals surface area contributed by atoms with Crippen LogP contribution in [0.3, 0.4) is 0 Å². The van der Waals surface area contributed by atoms with Gasteiger partial charge in [0.15, 0.2) is 0 Å². The van der Waals surface area contributed by atoms with Gasteiger partial charge in [0.05, 0.1) is 13.2 Å². The Labute approximate surface area is 164 Å². The molecule has 0 aliphatic heterocycles. The van der Waals surface area contributed by atoms with Crippen molar-refractivity contribution in [2.24, 2.45) is 5.11 Å². The first-order valence-electron chi connectivity index (χ1n) is 9.01. The van der Waals surface area contributed by atoms with E-state index in [1.165, 1.54) is 0 Å². The molecule has 2 aromatic rings. The number of azide groups is 1. The second-order valence-corrected chi connectivity index (χ2v) is 7.30. The van der Waals surface area contributed by atoms with Gasteiger partial charge in [0.2, 0.25) is 0 Å². The molecule has 1 atom stereocenters. The summed E-state index contributed by atoms with van der Waals surface area (Å²) in [6, 6.07) is 17.2. The van der Waals surface area contributed by atoms with Crippen LogP contribution in [0.2, 0.25) is 0 Å². The summed E-state index contributed by atoms with van der Waals surface area (Å²) in [5.74, 6) is 0.660. The number of phosphoric ester groups is 1. The highest BCUT2D eigenvalue weighted by Crippen LogP contribution is 2.50. The van der Waals surface area contributed by atoms with Crippen LogP contribution in [0.5, 0.6) is 11.5 Å². The number of ether oxygens (including phenoxy) is 1. The molecular weight excluding hydrogens is 381 g/mol. The zero-order chi connectivity index (χ0) is 20.1. The van der Waals surface area contributed by atoms with Crippen molar-refractivity contribution in [1.29, 1.82) is 0 Å². The molecule has 8 nitrogen and oxygen atoms in total. The van der Waals surface area contributed by atoms with Crippen molar-refractivity contribution in [2.75, 3.05) is 19.8 Å². The Kier molecular flexibility index (Phi) is 9.39. The maximum Gasteiger partial charge on any atom is 0.587 e. The zero-order valence-electron chi connectivity index (χ0n) is 15.7. The molecule has 28 heavy (non-hydrogen) atoms. The van der Waals surface area contributed by atoms with Crippen LogP contribution in [0, 0.1) is 0 Å². The third-order valence-corrected chi connectivity index (χ3v) is 4.92. The van der Waals surface area contributed by atoms with E-state index in [4.69, 9.17) is 23.8 Å². The van der Waals surface area contributed by atoms with E-state index < -0.39 is 13.9 Å². The average Bonchev–Trinajstić information content (AvgIpc) is 2.70. The summed E-state index contributed by atoms with van der Waals surface area (Å²) in [4.78, 5) is 2.74. The number of hydrogen-bond acceptors (Lipinski definition) is 6. The molecule has 0 aromatic heterocycles. The number of rotatable bonds is 13. The molecule has 0 N–H and O–H groups in total. The van der Waals surface area contributed by atoms with Crippen LogP contribution >= 0.6 is 7.82 Å². The minimum Gasteiger partial charge on any atom is -0.395 e. The predicted molar refractivity (Wildman–Crippen MR) is 106 cm³/mol. The lowest BCUT2D eigenvalue weighted by molar-refractivity contribution is 0.0392. The van der Waals surface area contributed by atoms with Gasteiger partial charge in [-0.3, -0.25) is 4.52 Å². The van der Waals surface area contributed by atoms with Crippen molar-refractivity contribution in [3.63, 3.8) is 0 Å². The smallest absolute Gasteiger partial charge is 0.395 e. The highest BCUT2D eigenvalue weighted by atomic mass is 31.2. The minimum absolute atomic E-state index is 0.0666. The number of para-hydroxylation sites is 2. The fourth-order valence-corrected chi connectivity index (χ4v) is 3.55. The van der Waals surface area contributed by atoms with E-state index in [0.717, 1.165) is 12.8 Å². The van der Waals surface area contributed by atoms with Crippen LogP contribution < -0.4 is 9.05 Å². The number of hydrogen-bond donors (Lipinski definition) is 0. The van der Waals surface area contributed by atoms with Gasteiger partial charge in [-0.05, 0) is 36.2 Å². The molecule has 0 saturated heterocycles. The highest BCUT2D eigenvalue weighted by molar-refractivity contribution is 7.49. The van der Waals surface area contributed by atoms with Crippen molar-refractivity contribution >= 4 is 7.82 Å². The molecule has 2 rings (SSSR count). The lowest BCUT2D eigenvalue weighted by Gasteiger charge is -2.23. The first kappa shape index (κ1) is 21.8. The van der Waals surface area contributed by atoms with E-state index in [1.807, 2.05) is 19.1 Å². The number of nitrogens with zero attached hydrogens (tertiary/aromatic N) is 3. The molecule has 0 fully saturated rings. The number of unbranched alkanes of at least 4 members (excludes halogenated alkanes) is 1. The maximum absolute atomic E-state index is 13.4. The Morgan fingerprint density at radius 1 is 1.04 bits per heavy atom. The topological polar surface area (TPSA) is 103 Å². The quantitative estimate of drug-likeness (QED) is 0.138. The summed E-state index contributed by atoms with van der Waals surface area (Å²) < 4.78 is 35.7. The van der Waals surface area contributed by atoms with Crippen LogP contribution in [-0.4, -0.2) is 25.9 Å². The fraction of sp³-hybridized carbons (Fsp3) is 0.368. The summed E-state index contributed by atoms with van der Waals surface area (Å²) in [6.45, 7) is 2.60. The Balaban J connectivity index is 2.16. The Hall–Kier alpha value is -2.50. The van der Waals surface area contributed by atoms with Gasteiger partial charge in [-0.1, -0.05) is 54.9 Å². The zero-order valence-corrected chi connectivity index (χ0v) is 16.6. The monoisotopic (exact) mass is 405 g/mol.